The Morgan fingerprint density at radius 2 is 2.14 bits per heavy atom. The summed E-state index contributed by atoms with van der Waals surface area (Å²) in [6.45, 7) is 8.25. The van der Waals surface area contributed by atoms with Gasteiger partial charge in [0.2, 0.25) is 0 Å². The first-order chi connectivity index (χ1) is 6.81. The van der Waals surface area contributed by atoms with E-state index in [-0.39, 0.29) is 0 Å². The van der Waals surface area contributed by atoms with Crippen LogP contribution < -0.4 is 10.6 Å². The van der Waals surface area contributed by atoms with Crippen molar-refractivity contribution in [2.45, 2.75) is 6.54 Å². The Bertz CT molecular complexity index is 329. The van der Waals surface area contributed by atoms with Gasteiger partial charge >= 0.3 is 0 Å². The molecule has 1 rings (SSSR count). The first-order valence-electron chi connectivity index (χ1n) is 4.59. The summed E-state index contributed by atoms with van der Waals surface area (Å²) < 4.78 is 0. The Balaban J connectivity index is 2.99. The second-order valence-electron chi connectivity index (χ2n) is 3.00. The van der Waals surface area contributed by atoms with Crippen LogP contribution in [0.25, 0.3) is 6.08 Å². The molecule has 0 fully saturated rings. The molecule has 2 nitrogen and oxygen atoms in total. The van der Waals surface area contributed by atoms with E-state index in [4.69, 9.17) is 0 Å². The van der Waals surface area contributed by atoms with Gasteiger partial charge in [0, 0.05) is 12.2 Å². The molecule has 14 heavy (non-hydrogen) atoms. The molecule has 0 saturated carbocycles. The van der Waals surface area contributed by atoms with Gasteiger partial charge in [-0.15, -0.1) is 0 Å². The van der Waals surface area contributed by atoms with Crippen molar-refractivity contribution in [3.63, 3.8) is 0 Å². The molecular weight excluding hydrogens is 172 g/mol. The monoisotopic (exact) mass is 188 g/mol. The standard InChI is InChI=1S/C12H16N2/c1-4-10-6-7-12(14-5-2)8-11(10)9-13-3/h4-8,13-14H,1-2,9H2,3H3. The van der Waals surface area contributed by atoms with Gasteiger partial charge in [0.15, 0.2) is 0 Å². The molecule has 0 atom stereocenters. The van der Waals surface area contributed by atoms with Crippen LogP contribution in [0.4, 0.5) is 5.69 Å². The van der Waals surface area contributed by atoms with Crippen LogP contribution in [0.3, 0.4) is 0 Å². The van der Waals surface area contributed by atoms with Crippen LogP contribution in [0.2, 0.25) is 0 Å². The van der Waals surface area contributed by atoms with Gasteiger partial charge in [0.05, 0.1) is 0 Å². The van der Waals surface area contributed by atoms with E-state index in [9.17, 15) is 0 Å². The number of anilines is 1. The summed E-state index contributed by atoms with van der Waals surface area (Å²) in [5.41, 5.74) is 3.44. The van der Waals surface area contributed by atoms with Crippen LogP contribution in [-0.2, 0) is 6.54 Å². The van der Waals surface area contributed by atoms with Gasteiger partial charge < -0.3 is 10.6 Å². The van der Waals surface area contributed by atoms with Crippen LogP contribution in [0, 0.1) is 0 Å². The topological polar surface area (TPSA) is 24.1 Å². The number of rotatable bonds is 5. The number of hydrogen-bond acceptors (Lipinski definition) is 2. The van der Waals surface area contributed by atoms with E-state index in [1.54, 1.807) is 6.20 Å². The molecule has 0 aromatic heterocycles. The lowest BCUT2D eigenvalue weighted by Gasteiger charge is -2.08. The molecule has 74 valence electrons. The summed E-state index contributed by atoms with van der Waals surface area (Å²) in [7, 11) is 1.93. The minimum atomic E-state index is 0.841. The van der Waals surface area contributed by atoms with Crippen molar-refractivity contribution >= 4 is 11.8 Å². The first kappa shape index (κ1) is 10.5. The van der Waals surface area contributed by atoms with Crippen molar-refractivity contribution in [3.8, 4) is 0 Å². The number of hydrogen-bond donors (Lipinski definition) is 2. The number of nitrogens with one attached hydrogen (secondary N) is 2. The van der Waals surface area contributed by atoms with Crippen molar-refractivity contribution < 1.29 is 0 Å². The summed E-state index contributed by atoms with van der Waals surface area (Å²) in [5.74, 6) is 0. The Morgan fingerprint density at radius 3 is 2.71 bits per heavy atom. The summed E-state index contributed by atoms with van der Waals surface area (Å²) in [5, 5.41) is 6.19. The van der Waals surface area contributed by atoms with Crippen LogP contribution in [0.15, 0.2) is 37.6 Å². The molecule has 0 aliphatic heterocycles. The fraction of sp³-hybridized carbons (Fsp3) is 0.167. The van der Waals surface area contributed by atoms with E-state index in [0.29, 0.717) is 0 Å². The average molecular weight is 188 g/mol. The van der Waals surface area contributed by atoms with E-state index < -0.39 is 0 Å². The first-order valence-corrected chi connectivity index (χ1v) is 4.59. The molecule has 0 aliphatic carbocycles. The summed E-state index contributed by atoms with van der Waals surface area (Å²) in [6.07, 6.45) is 3.54. The van der Waals surface area contributed by atoms with E-state index >= 15 is 0 Å². The van der Waals surface area contributed by atoms with Gasteiger partial charge in [0.25, 0.3) is 0 Å². The summed E-state index contributed by atoms with van der Waals surface area (Å²) in [6, 6.07) is 6.15. The van der Waals surface area contributed by atoms with Crippen LogP contribution in [0.1, 0.15) is 11.1 Å². The van der Waals surface area contributed by atoms with Gasteiger partial charge in [-0.25, -0.2) is 0 Å². The second-order valence-corrected chi connectivity index (χ2v) is 3.00. The molecule has 1 aromatic carbocycles. The second kappa shape index (κ2) is 5.25. The van der Waals surface area contributed by atoms with Crippen molar-refractivity contribution in [1.29, 1.82) is 0 Å². The highest BCUT2D eigenvalue weighted by Crippen LogP contribution is 2.16. The van der Waals surface area contributed by atoms with Crippen molar-refractivity contribution in [2.75, 3.05) is 12.4 Å². The van der Waals surface area contributed by atoms with E-state index in [2.05, 4.69) is 29.9 Å². The lowest BCUT2D eigenvalue weighted by molar-refractivity contribution is 0.817. The van der Waals surface area contributed by atoms with Crippen molar-refractivity contribution in [3.05, 3.63) is 48.7 Å². The Hall–Kier alpha value is -1.54. The van der Waals surface area contributed by atoms with Crippen molar-refractivity contribution in [2.24, 2.45) is 0 Å². The molecule has 0 heterocycles. The minimum Gasteiger partial charge on any atom is -0.362 e. The molecule has 2 heteroatoms. The molecule has 0 amide bonds. The van der Waals surface area contributed by atoms with Crippen LogP contribution >= 0.6 is 0 Å². The highest BCUT2D eigenvalue weighted by atomic mass is 14.8. The normalized spacial score (nSPS) is 9.50. The highest BCUT2D eigenvalue weighted by molar-refractivity contribution is 5.59. The van der Waals surface area contributed by atoms with E-state index in [0.717, 1.165) is 17.8 Å². The van der Waals surface area contributed by atoms with Gasteiger partial charge in [-0.2, -0.15) is 0 Å². The van der Waals surface area contributed by atoms with Gasteiger partial charge in [-0.1, -0.05) is 25.3 Å². The van der Waals surface area contributed by atoms with E-state index in [1.165, 1.54) is 5.56 Å². The smallest absolute Gasteiger partial charge is 0.0383 e. The number of benzene rings is 1. The van der Waals surface area contributed by atoms with Gasteiger partial charge in [-0.3, -0.25) is 0 Å². The van der Waals surface area contributed by atoms with Gasteiger partial charge in [0.1, 0.15) is 0 Å². The maximum Gasteiger partial charge on any atom is 0.0383 e. The molecule has 0 spiro atoms. The zero-order chi connectivity index (χ0) is 10.4. The molecule has 0 radical (unpaired) electrons. The third-order valence-electron chi connectivity index (χ3n) is 2.00. The lowest BCUT2D eigenvalue weighted by Crippen LogP contribution is -2.06. The maximum atomic E-state index is 3.78. The van der Waals surface area contributed by atoms with Gasteiger partial charge in [-0.05, 0) is 36.5 Å². The van der Waals surface area contributed by atoms with Crippen LogP contribution in [0.5, 0.6) is 0 Å². The predicted molar refractivity (Wildman–Crippen MR) is 63.1 cm³/mol. The zero-order valence-corrected chi connectivity index (χ0v) is 8.51. The lowest BCUT2D eigenvalue weighted by atomic mass is 10.1. The van der Waals surface area contributed by atoms with Crippen LogP contribution in [-0.4, -0.2) is 7.05 Å². The van der Waals surface area contributed by atoms with E-state index in [1.807, 2.05) is 25.3 Å². The Kier molecular flexibility index (Phi) is 3.95. The Labute approximate surface area is 85.3 Å². The summed E-state index contributed by atoms with van der Waals surface area (Å²) >= 11 is 0. The summed E-state index contributed by atoms with van der Waals surface area (Å²) in [4.78, 5) is 0. The fourth-order valence-electron chi connectivity index (χ4n) is 1.36. The molecular formula is C12H16N2. The maximum absolute atomic E-state index is 3.78. The molecule has 0 saturated heterocycles. The third-order valence-corrected chi connectivity index (χ3v) is 2.00. The molecule has 2 N–H and O–H groups in total. The SMILES string of the molecule is C=CNc1ccc(C=C)c(CNC)c1. The minimum absolute atomic E-state index is 0.841. The Morgan fingerprint density at radius 1 is 1.36 bits per heavy atom. The molecule has 0 aliphatic rings. The molecule has 0 bridgehead atoms. The quantitative estimate of drug-likeness (QED) is 0.742. The van der Waals surface area contributed by atoms with Crippen molar-refractivity contribution in [1.82, 2.24) is 5.32 Å². The zero-order valence-electron chi connectivity index (χ0n) is 8.51. The molecule has 1 aromatic rings. The largest absolute Gasteiger partial charge is 0.362 e. The molecule has 0 unspecified atom stereocenters. The fourth-order valence-corrected chi connectivity index (χ4v) is 1.36. The third kappa shape index (κ3) is 2.47. The predicted octanol–water partition coefficient (Wildman–Crippen LogP) is 2.60. The highest BCUT2D eigenvalue weighted by Gasteiger charge is 1.99. The average Bonchev–Trinajstić information content (AvgIpc) is 2.19.